The van der Waals surface area contributed by atoms with Crippen LogP contribution < -0.4 is 5.32 Å². The SMILES string of the molecule is COC(=O)NCC1(O)Cc2ccccc2C1. The summed E-state index contributed by atoms with van der Waals surface area (Å²) in [6.45, 7) is 0.217. The van der Waals surface area contributed by atoms with Crippen LogP contribution in [0.3, 0.4) is 0 Å². The summed E-state index contributed by atoms with van der Waals surface area (Å²) in [7, 11) is 1.31. The Labute approximate surface area is 94.2 Å². The average molecular weight is 221 g/mol. The van der Waals surface area contributed by atoms with Crippen molar-refractivity contribution in [3.63, 3.8) is 0 Å². The van der Waals surface area contributed by atoms with E-state index in [1.54, 1.807) is 0 Å². The van der Waals surface area contributed by atoms with Crippen LogP contribution in [0.5, 0.6) is 0 Å². The third-order valence-corrected chi connectivity index (χ3v) is 2.90. The highest BCUT2D eigenvalue weighted by Crippen LogP contribution is 2.29. The minimum atomic E-state index is -0.877. The predicted octanol–water partition coefficient (Wildman–Crippen LogP) is 0.872. The Morgan fingerprint density at radius 1 is 1.44 bits per heavy atom. The molecule has 0 unspecified atom stereocenters. The summed E-state index contributed by atoms with van der Waals surface area (Å²) >= 11 is 0. The highest BCUT2D eigenvalue weighted by Gasteiger charge is 2.35. The number of methoxy groups -OCH3 is 1. The lowest BCUT2D eigenvalue weighted by atomic mass is 10.0. The van der Waals surface area contributed by atoms with Gasteiger partial charge in [0, 0.05) is 12.8 Å². The number of nitrogens with one attached hydrogen (secondary N) is 1. The number of amides is 1. The number of carbonyl (C=O) groups excluding carboxylic acids is 1. The van der Waals surface area contributed by atoms with E-state index < -0.39 is 11.7 Å². The zero-order valence-electron chi connectivity index (χ0n) is 9.19. The van der Waals surface area contributed by atoms with Crippen LogP contribution in [-0.2, 0) is 17.6 Å². The molecule has 1 aliphatic carbocycles. The minimum Gasteiger partial charge on any atom is -0.453 e. The second-order valence-corrected chi connectivity index (χ2v) is 4.19. The molecular formula is C12H15NO3. The molecule has 0 saturated carbocycles. The Hall–Kier alpha value is -1.55. The van der Waals surface area contributed by atoms with Crippen molar-refractivity contribution in [1.82, 2.24) is 5.32 Å². The van der Waals surface area contributed by atoms with E-state index in [0.717, 1.165) is 11.1 Å². The van der Waals surface area contributed by atoms with Gasteiger partial charge >= 0.3 is 6.09 Å². The second kappa shape index (κ2) is 4.14. The molecule has 16 heavy (non-hydrogen) atoms. The van der Waals surface area contributed by atoms with Crippen LogP contribution in [0, 0.1) is 0 Å². The number of hydrogen-bond acceptors (Lipinski definition) is 3. The molecule has 1 aromatic carbocycles. The highest BCUT2D eigenvalue weighted by atomic mass is 16.5. The number of hydrogen-bond donors (Lipinski definition) is 2. The fraction of sp³-hybridized carbons (Fsp3) is 0.417. The molecule has 1 aliphatic rings. The van der Waals surface area contributed by atoms with Crippen LogP contribution in [0.4, 0.5) is 4.79 Å². The van der Waals surface area contributed by atoms with Gasteiger partial charge in [0.05, 0.1) is 19.3 Å². The van der Waals surface area contributed by atoms with Crippen LogP contribution in [0.1, 0.15) is 11.1 Å². The third-order valence-electron chi connectivity index (χ3n) is 2.90. The van der Waals surface area contributed by atoms with Crippen molar-refractivity contribution >= 4 is 6.09 Å². The number of ether oxygens (including phenoxy) is 1. The van der Waals surface area contributed by atoms with Crippen molar-refractivity contribution in [1.29, 1.82) is 0 Å². The summed E-state index contributed by atoms with van der Waals surface area (Å²) in [5.74, 6) is 0. The first-order valence-electron chi connectivity index (χ1n) is 5.24. The van der Waals surface area contributed by atoms with E-state index >= 15 is 0 Å². The normalized spacial score (nSPS) is 16.6. The van der Waals surface area contributed by atoms with Gasteiger partial charge in [-0.1, -0.05) is 24.3 Å². The van der Waals surface area contributed by atoms with Gasteiger partial charge in [0.1, 0.15) is 0 Å². The summed E-state index contributed by atoms with van der Waals surface area (Å²) in [5, 5.41) is 12.8. The van der Waals surface area contributed by atoms with E-state index in [1.165, 1.54) is 7.11 Å². The summed E-state index contributed by atoms with van der Waals surface area (Å²) in [6, 6.07) is 7.92. The van der Waals surface area contributed by atoms with Crippen LogP contribution in [0.2, 0.25) is 0 Å². The van der Waals surface area contributed by atoms with Gasteiger partial charge in [-0.3, -0.25) is 0 Å². The monoisotopic (exact) mass is 221 g/mol. The molecule has 0 spiro atoms. The molecule has 0 fully saturated rings. The molecule has 0 bridgehead atoms. The van der Waals surface area contributed by atoms with E-state index in [4.69, 9.17) is 0 Å². The number of rotatable bonds is 2. The topological polar surface area (TPSA) is 58.6 Å². The van der Waals surface area contributed by atoms with Crippen molar-refractivity contribution in [3.8, 4) is 0 Å². The summed E-state index contributed by atoms with van der Waals surface area (Å²) in [4.78, 5) is 10.9. The first kappa shape index (κ1) is 11.0. The molecule has 1 amide bonds. The van der Waals surface area contributed by atoms with Crippen LogP contribution in [-0.4, -0.2) is 30.5 Å². The molecular weight excluding hydrogens is 206 g/mol. The van der Waals surface area contributed by atoms with Gasteiger partial charge in [0.2, 0.25) is 0 Å². The maximum Gasteiger partial charge on any atom is 0.406 e. The molecule has 4 heteroatoms. The maximum atomic E-state index is 10.9. The standard InChI is InChI=1S/C12H15NO3/c1-16-11(14)13-8-12(15)6-9-4-2-3-5-10(9)7-12/h2-5,15H,6-8H2,1H3,(H,13,14). The first-order chi connectivity index (χ1) is 7.63. The van der Waals surface area contributed by atoms with E-state index in [1.807, 2.05) is 24.3 Å². The molecule has 86 valence electrons. The van der Waals surface area contributed by atoms with Crippen LogP contribution in [0.15, 0.2) is 24.3 Å². The number of benzene rings is 1. The minimum absolute atomic E-state index is 0.217. The van der Waals surface area contributed by atoms with Gasteiger partial charge < -0.3 is 15.2 Å². The van der Waals surface area contributed by atoms with Crippen molar-refractivity contribution in [2.75, 3.05) is 13.7 Å². The second-order valence-electron chi connectivity index (χ2n) is 4.19. The maximum absolute atomic E-state index is 10.9. The molecule has 0 saturated heterocycles. The van der Waals surface area contributed by atoms with Gasteiger partial charge in [0.15, 0.2) is 0 Å². The van der Waals surface area contributed by atoms with E-state index in [0.29, 0.717) is 12.8 Å². The first-order valence-corrected chi connectivity index (χ1v) is 5.24. The van der Waals surface area contributed by atoms with Gasteiger partial charge in [-0.2, -0.15) is 0 Å². The Morgan fingerprint density at radius 2 is 2.00 bits per heavy atom. The highest BCUT2D eigenvalue weighted by molar-refractivity contribution is 5.67. The molecule has 1 aromatic rings. The smallest absolute Gasteiger partial charge is 0.406 e. The fourth-order valence-corrected chi connectivity index (χ4v) is 2.11. The fourth-order valence-electron chi connectivity index (χ4n) is 2.11. The van der Waals surface area contributed by atoms with Gasteiger partial charge in [-0.15, -0.1) is 0 Å². The van der Waals surface area contributed by atoms with Crippen molar-refractivity contribution in [2.24, 2.45) is 0 Å². The summed E-state index contributed by atoms with van der Waals surface area (Å²) in [5.41, 5.74) is 1.42. The Bertz CT molecular complexity index is 378. The molecule has 0 atom stereocenters. The van der Waals surface area contributed by atoms with E-state index in [-0.39, 0.29) is 6.54 Å². The quantitative estimate of drug-likeness (QED) is 0.779. The van der Waals surface area contributed by atoms with Gasteiger partial charge in [-0.05, 0) is 11.1 Å². The molecule has 0 aliphatic heterocycles. The zero-order valence-corrected chi connectivity index (χ0v) is 9.19. The molecule has 2 N–H and O–H groups in total. The average Bonchev–Trinajstić information content (AvgIpc) is 2.62. The molecule has 4 nitrogen and oxygen atoms in total. The van der Waals surface area contributed by atoms with Crippen molar-refractivity contribution in [2.45, 2.75) is 18.4 Å². The largest absolute Gasteiger partial charge is 0.453 e. The molecule has 0 radical (unpaired) electrons. The van der Waals surface area contributed by atoms with Gasteiger partial charge in [-0.25, -0.2) is 4.79 Å². The Kier molecular flexibility index (Phi) is 2.83. The number of aliphatic hydroxyl groups is 1. The van der Waals surface area contributed by atoms with Crippen molar-refractivity contribution < 1.29 is 14.6 Å². The third kappa shape index (κ3) is 2.17. The molecule has 0 heterocycles. The predicted molar refractivity (Wildman–Crippen MR) is 59.2 cm³/mol. The lowest BCUT2D eigenvalue weighted by Crippen LogP contribution is -2.43. The summed E-state index contributed by atoms with van der Waals surface area (Å²) in [6.07, 6.45) is 0.643. The summed E-state index contributed by atoms with van der Waals surface area (Å²) < 4.78 is 4.47. The van der Waals surface area contributed by atoms with Gasteiger partial charge in [0.25, 0.3) is 0 Å². The number of fused-ring (bicyclic) bond motifs is 1. The lowest BCUT2D eigenvalue weighted by Gasteiger charge is -2.21. The molecule has 0 aromatic heterocycles. The van der Waals surface area contributed by atoms with Crippen LogP contribution >= 0.6 is 0 Å². The zero-order chi connectivity index (χ0) is 11.6. The number of alkyl carbamates (subject to hydrolysis) is 1. The Balaban J connectivity index is 2.00. The molecule has 2 rings (SSSR count). The van der Waals surface area contributed by atoms with Crippen LogP contribution in [0.25, 0.3) is 0 Å². The van der Waals surface area contributed by atoms with E-state index in [9.17, 15) is 9.90 Å². The number of carbonyl (C=O) groups is 1. The Morgan fingerprint density at radius 3 is 2.50 bits per heavy atom. The lowest BCUT2D eigenvalue weighted by molar-refractivity contribution is 0.0500. The van der Waals surface area contributed by atoms with E-state index in [2.05, 4.69) is 10.1 Å². The van der Waals surface area contributed by atoms with Crippen molar-refractivity contribution in [3.05, 3.63) is 35.4 Å².